The Bertz CT molecular complexity index is 587. The van der Waals surface area contributed by atoms with E-state index in [2.05, 4.69) is 4.90 Å². The molecular formula is C19H26Cl2N2O. The van der Waals surface area contributed by atoms with Crippen molar-refractivity contribution in [1.29, 1.82) is 0 Å². The third kappa shape index (κ3) is 4.07. The van der Waals surface area contributed by atoms with Crippen LogP contribution in [0.4, 0.5) is 0 Å². The second-order valence-corrected chi connectivity index (χ2v) is 7.91. The average molecular weight is 369 g/mol. The van der Waals surface area contributed by atoms with Crippen LogP contribution >= 0.6 is 23.2 Å². The van der Waals surface area contributed by atoms with Gasteiger partial charge in [0.15, 0.2) is 0 Å². The molecule has 0 aromatic heterocycles. The van der Waals surface area contributed by atoms with Gasteiger partial charge in [0.1, 0.15) is 0 Å². The highest BCUT2D eigenvalue weighted by molar-refractivity contribution is 6.42. The van der Waals surface area contributed by atoms with Crippen molar-refractivity contribution >= 4 is 29.1 Å². The van der Waals surface area contributed by atoms with Crippen LogP contribution in [0, 0.1) is 0 Å². The lowest BCUT2D eigenvalue weighted by molar-refractivity contribution is -0.133. The fourth-order valence-corrected chi connectivity index (χ4v) is 4.50. The molecule has 0 spiro atoms. The van der Waals surface area contributed by atoms with Gasteiger partial charge in [0, 0.05) is 19.1 Å². The van der Waals surface area contributed by atoms with E-state index in [0.717, 1.165) is 12.0 Å². The number of benzene rings is 1. The molecule has 2 fully saturated rings. The van der Waals surface area contributed by atoms with Gasteiger partial charge in [0.25, 0.3) is 0 Å². The van der Waals surface area contributed by atoms with Gasteiger partial charge in [-0.05, 0) is 56.5 Å². The van der Waals surface area contributed by atoms with Gasteiger partial charge in [0.05, 0.1) is 16.5 Å². The third-order valence-electron chi connectivity index (χ3n) is 5.53. The summed E-state index contributed by atoms with van der Waals surface area (Å²) in [6.45, 7) is 2.38. The topological polar surface area (TPSA) is 23.6 Å². The third-order valence-corrected chi connectivity index (χ3v) is 6.27. The second-order valence-electron chi connectivity index (χ2n) is 7.09. The first-order valence-corrected chi connectivity index (χ1v) is 9.75. The lowest BCUT2D eigenvalue weighted by Gasteiger charge is -2.42. The molecule has 5 heteroatoms. The fraction of sp³-hybridized carbons (Fsp3) is 0.632. The molecule has 2 atom stereocenters. The van der Waals surface area contributed by atoms with Crippen LogP contribution in [0.1, 0.15) is 44.1 Å². The van der Waals surface area contributed by atoms with E-state index in [1.54, 1.807) is 12.1 Å². The van der Waals surface area contributed by atoms with Crippen LogP contribution in [0.5, 0.6) is 0 Å². The first-order valence-electron chi connectivity index (χ1n) is 9.00. The predicted octanol–water partition coefficient (Wildman–Crippen LogP) is 4.40. The first-order chi connectivity index (χ1) is 11.6. The molecule has 1 unspecified atom stereocenters. The number of carbonyl (C=O) groups excluding carboxylic acids is 1. The summed E-state index contributed by atoms with van der Waals surface area (Å²) < 4.78 is 0. The summed E-state index contributed by atoms with van der Waals surface area (Å²) >= 11 is 12.0. The van der Waals surface area contributed by atoms with E-state index < -0.39 is 0 Å². The molecule has 1 saturated heterocycles. The summed E-state index contributed by atoms with van der Waals surface area (Å²) in [5.41, 5.74) is 0.926. The Morgan fingerprint density at radius 2 is 1.83 bits per heavy atom. The highest BCUT2D eigenvalue weighted by Gasteiger charge is 2.35. The van der Waals surface area contributed by atoms with Crippen LogP contribution in [0.3, 0.4) is 0 Å². The van der Waals surface area contributed by atoms with Gasteiger partial charge in [-0.3, -0.25) is 9.69 Å². The number of halogens is 2. The van der Waals surface area contributed by atoms with E-state index >= 15 is 0 Å². The van der Waals surface area contributed by atoms with Crippen molar-refractivity contribution in [1.82, 2.24) is 9.80 Å². The zero-order valence-electron chi connectivity index (χ0n) is 14.3. The summed E-state index contributed by atoms with van der Waals surface area (Å²) in [5, 5.41) is 1.04. The summed E-state index contributed by atoms with van der Waals surface area (Å²) in [7, 11) is 1.97. The molecule has 1 aliphatic heterocycles. The van der Waals surface area contributed by atoms with Crippen LogP contribution in [0.25, 0.3) is 0 Å². The van der Waals surface area contributed by atoms with Crippen LogP contribution in [-0.2, 0) is 11.2 Å². The Labute approximate surface area is 154 Å². The molecule has 0 bridgehead atoms. The standard InChI is InChI=1S/C19H26Cl2N2O/c1-22(19(24)13-14-8-9-15(20)16(21)12-14)17-6-2-3-7-18(17)23-10-4-5-11-23/h8-9,12,17-18H,2-7,10-11,13H2,1H3/t17?,18-/m0/s1. The SMILES string of the molecule is CN(C(=O)Cc1ccc(Cl)c(Cl)c1)C1CCCC[C@@H]1N1CCCC1. The minimum atomic E-state index is 0.171. The highest BCUT2D eigenvalue weighted by atomic mass is 35.5. The number of amides is 1. The van der Waals surface area contributed by atoms with E-state index in [9.17, 15) is 4.79 Å². The monoisotopic (exact) mass is 368 g/mol. The van der Waals surface area contributed by atoms with Crippen molar-refractivity contribution in [2.24, 2.45) is 0 Å². The molecule has 3 nitrogen and oxygen atoms in total. The molecular weight excluding hydrogens is 343 g/mol. The molecule has 1 amide bonds. The van der Waals surface area contributed by atoms with Gasteiger partial charge in [0.2, 0.25) is 5.91 Å². The highest BCUT2D eigenvalue weighted by Crippen LogP contribution is 2.29. The van der Waals surface area contributed by atoms with Crippen LogP contribution in [-0.4, -0.2) is 47.9 Å². The predicted molar refractivity (Wildman–Crippen MR) is 99.8 cm³/mol. The van der Waals surface area contributed by atoms with Gasteiger partial charge in [-0.15, -0.1) is 0 Å². The van der Waals surface area contributed by atoms with E-state index in [4.69, 9.17) is 23.2 Å². The van der Waals surface area contributed by atoms with Crippen molar-refractivity contribution < 1.29 is 4.79 Å². The van der Waals surface area contributed by atoms with Gasteiger partial charge in [-0.25, -0.2) is 0 Å². The van der Waals surface area contributed by atoms with Crippen molar-refractivity contribution in [2.45, 2.75) is 57.0 Å². The minimum absolute atomic E-state index is 0.171. The molecule has 0 N–H and O–H groups in total. The Hall–Kier alpha value is -0.770. The average Bonchev–Trinajstić information content (AvgIpc) is 3.12. The van der Waals surface area contributed by atoms with Gasteiger partial charge >= 0.3 is 0 Å². The Morgan fingerprint density at radius 3 is 2.54 bits per heavy atom. The minimum Gasteiger partial charge on any atom is -0.341 e. The number of likely N-dealkylation sites (tertiary alicyclic amines) is 1. The van der Waals surface area contributed by atoms with Crippen LogP contribution in [0.2, 0.25) is 10.0 Å². The zero-order chi connectivity index (χ0) is 17.1. The van der Waals surface area contributed by atoms with Crippen molar-refractivity contribution in [2.75, 3.05) is 20.1 Å². The molecule has 1 saturated carbocycles. The quantitative estimate of drug-likeness (QED) is 0.785. The number of hydrogen-bond donors (Lipinski definition) is 0. The van der Waals surface area contributed by atoms with Crippen molar-refractivity contribution in [3.63, 3.8) is 0 Å². The lowest BCUT2D eigenvalue weighted by Crippen LogP contribution is -2.53. The largest absolute Gasteiger partial charge is 0.341 e. The maximum absolute atomic E-state index is 12.8. The maximum atomic E-state index is 12.8. The van der Waals surface area contributed by atoms with Crippen LogP contribution in [0.15, 0.2) is 18.2 Å². The molecule has 2 aliphatic rings. The Balaban J connectivity index is 1.67. The van der Waals surface area contributed by atoms with Crippen LogP contribution < -0.4 is 0 Å². The normalized spacial score (nSPS) is 25.0. The summed E-state index contributed by atoms with van der Waals surface area (Å²) in [4.78, 5) is 17.4. The second kappa shape index (κ2) is 8.07. The molecule has 24 heavy (non-hydrogen) atoms. The summed E-state index contributed by atoms with van der Waals surface area (Å²) in [6.07, 6.45) is 7.82. The van der Waals surface area contributed by atoms with E-state index in [1.165, 1.54) is 45.2 Å². The molecule has 1 aromatic rings. The van der Waals surface area contributed by atoms with E-state index in [1.807, 2.05) is 18.0 Å². The molecule has 3 rings (SSSR count). The van der Waals surface area contributed by atoms with Gasteiger partial charge in [-0.1, -0.05) is 42.1 Å². The number of carbonyl (C=O) groups is 1. The number of hydrogen-bond acceptors (Lipinski definition) is 2. The molecule has 0 radical (unpaired) electrons. The molecule has 1 aliphatic carbocycles. The summed E-state index contributed by atoms with van der Waals surface area (Å²) in [6, 6.07) is 6.32. The number of likely N-dealkylation sites (N-methyl/N-ethyl adjacent to an activating group) is 1. The fourth-order valence-electron chi connectivity index (χ4n) is 4.18. The lowest BCUT2D eigenvalue weighted by atomic mass is 9.88. The molecule has 1 aromatic carbocycles. The first kappa shape index (κ1) is 18.0. The van der Waals surface area contributed by atoms with Gasteiger partial charge < -0.3 is 4.90 Å². The molecule has 1 heterocycles. The smallest absolute Gasteiger partial charge is 0.227 e. The maximum Gasteiger partial charge on any atom is 0.227 e. The van der Waals surface area contributed by atoms with Crippen molar-refractivity contribution in [3.05, 3.63) is 33.8 Å². The van der Waals surface area contributed by atoms with Crippen molar-refractivity contribution in [3.8, 4) is 0 Å². The molecule has 132 valence electrons. The van der Waals surface area contributed by atoms with E-state index in [0.29, 0.717) is 28.5 Å². The number of nitrogens with zero attached hydrogens (tertiary/aromatic N) is 2. The Morgan fingerprint density at radius 1 is 1.12 bits per heavy atom. The Kier molecular flexibility index (Phi) is 6.07. The zero-order valence-corrected chi connectivity index (χ0v) is 15.8. The van der Waals surface area contributed by atoms with Gasteiger partial charge in [-0.2, -0.15) is 0 Å². The number of rotatable bonds is 4. The summed E-state index contributed by atoms with van der Waals surface area (Å²) in [5.74, 6) is 0.171. The van der Waals surface area contributed by atoms with E-state index in [-0.39, 0.29) is 5.91 Å².